The first-order valence-electron chi connectivity index (χ1n) is 9.50. The molecule has 2 aliphatic rings. The van der Waals surface area contributed by atoms with Crippen LogP contribution in [0.5, 0.6) is 5.75 Å². The Morgan fingerprint density at radius 2 is 1.96 bits per heavy atom. The maximum absolute atomic E-state index is 10.8. The zero-order valence-corrected chi connectivity index (χ0v) is 15.2. The molecule has 0 bridgehead atoms. The van der Waals surface area contributed by atoms with E-state index < -0.39 is 5.97 Å². The molecule has 1 N–H and O–H groups in total. The van der Waals surface area contributed by atoms with Crippen LogP contribution in [-0.2, 0) is 11.3 Å². The molecular weight excluding hydrogens is 316 g/mol. The van der Waals surface area contributed by atoms with Gasteiger partial charge in [0.1, 0.15) is 5.75 Å². The molecule has 0 amide bonds. The predicted molar refractivity (Wildman–Crippen MR) is 97.9 cm³/mol. The SMILES string of the molecule is CN(CC(=O)O)C1CCN(Cc2cccc(OC3CCCC3)c2)CC1. The van der Waals surface area contributed by atoms with E-state index in [1.807, 2.05) is 11.9 Å². The normalized spacial score (nSPS) is 20.2. The van der Waals surface area contributed by atoms with E-state index in [1.54, 1.807) is 0 Å². The quantitative estimate of drug-likeness (QED) is 0.822. The third-order valence-corrected chi connectivity index (χ3v) is 5.47. The Bertz CT molecular complexity index is 564. The molecule has 1 aliphatic heterocycles. The number of likely N-dealkylation sites (tertiary alicyclic amines) is 1. The number of nitrogens with zero attached hydrogens (tertiary/aromatic N) is 2. The summed E-state index contributed by atoms with van der Waals surface area (Å²) in [6.45, 7) is 3.10. The summed E-state index contributed by atoms with van der Waals surface area (Å²) in [6.07, 6.45) is 7.40. The van der Waals surface area contributed by atoms with Gasteiger partial charge in [0.25, 0.3) is 0 Å². The van der Waals surface area contributed by atoms with E-state index in [0.29, 0.717) is 12.1 Å². The van der Waals surface area contributed by atoms with E-state index >= 15 is 0 Å². The van der Waals surface area contributed by atoms with E-state index in [0.717, 1.165) is 38.2 Å². The molecule has 1 saturated carbocycles. The lowest BCUT2D eigenvalue weighted by atomic mass is 10.0. The van der Waals surface area contributed by atoms with Gasteiger partial charge in [-0.05, 0) is 76.4 Å². The summed E-state index contributed by atoms with van der Waals surface area (Å²) in [4.78, 5) is 15.3. The van der Waals surface area contributed by atoms with Crippen molar-refractivity contribution in [1.82, 2.24) is 9.80 Å². The second-order valence-corrected chi connectivity index (χ2v) is 7.49. The molecule has 1 aromatic carbocycles. The van der Waals surface area contributed by atoms with Gasteiger partial charge in [0, 0.05) is 12.6 Å². The molecular formula is C20H30N2O3. The van der Waals surface area contributed by atoms with E-state index in [2.05, 4.69) is 29.2 Å². The molecule has 0 spiro atoms. The number of ether oxygens (including phenoxy) is 1. The van der Waals surface area contributed by atoms with E-state index in [4.69, 9.17) is 9.84 Å². The molecule has 2 fully saturated rings. The van der Waals surface area contributed by atoms with Gasteiger partial charge in [-0.3, -0.25) is 14.6 Å². The van der Waals surface area contributed by atoms with Crippen LogP contribution in [0.15, 0.2) is 24.3 Å². The average Bonchev–Trinajstić information content (AvgIpc) is 3.08. The van der Waals surface area contributed by atoms with Crippen molar-refractivity contribution in [1.29, 1.82) is 0 Å². The molecule has 5 nitrogen and oxygen atoms in total. The molecule has 0 radical (unpaired) electrons. The highest BCUT2D eigenvalue weighted by Gasteiger charge is 2.23. The van der Waals surface area contributed by atoms with Crippen LogP contribution in [0, 0.1) is 0 Å². The van der Waals surface area contributed by atoms with Gasteiger partial charge in [-0.2, -0.15) is 0 Å². The summed E-state index contributed by atoms with van der Waals surface area (Å²) in [5.74, 6) is 0.254. The number of hydrogen-bond acceptors (Lipinski definition) is 4. The fraction of sp³-hybridized carbons (Fsp3) is 0.650. The van der Waals surface area contributed by atoms with Crippen molar-refractivity contribution >= 4 is 5.97 Å². The Morgan fingerprint density at radius 1 is 1.24 bits per heavy atom. The van der Waals surface area contributed by atoms with Crippen LogP contribution in [0.25, 0.3) is 0 Å². The van der Waals surface area contributed by atoms with Crippen LogP contribution in [0.4, 0.5) is 0 Å². The number of piperidine rings is 1. The molecule has 0 aromatic heterocycles. The number of aliphatic carboxylic acids is 1. The summed E-state index contributed by atoms with van der Waals surface area (Å²) < 4.78 is 6.11. The third kappa shape index (κ3) is 5.44. The van der Waals surface area contributed by atoms with Gasteiger partial charge in [-0.25, -0.2) is 0 Å². The van der Waals surface area contributed by atoms with Crippen molar-refractivity contribution < 1.29 is 14.6 Å². The second kappa shape index (κ2) is 8.68. The van der Waals surface area contributed by atoms with Gasteiger partial charge < -0.3 is 9.84 Å². The topological polar surface area (TPSA) is 53.0 Å². The van der Waals surface area contributed by atoms with Gasteiger partial charge >= 0.3 is 5.97 Å². The van der Waals surface area contributed by atoms with Crippen LogP contribution in [-0.4, -0.2) is 59.7 Å². The maximum atomic E-state index is 10.8. The predicted octanol–water partition coefficient (Wildman–Crippen LogP) is 2.99. The van der Waals surface area contributed by atoms with Crippen LogP contribution in [0.3, 0.4) is 0 Å². The number of carboxylic acid groups (broad SMARTS) is 1. The summed E-state index contributed by atoms with van der Waals surface area (Å²) in [6, 6.07) is 8.89. The minimum atomic E-state index is -0.746. The maximum Gasteiger partial charge on any atom is 0.317 e. The Morgan fingerprint density at radius 3 is 2.64 bits per heavy atom. The van der Waals surface area contributed by atoms with Crippen LogP contribution < -0.4 is 4.74 Å². The molecule has 1 aliphatic carbocycles. The third-order valence-electron chi connectivity index (χ3n) is 5.47. The summed E-state index contributed by atoms with van der Waals surface area (Å²) in [7, 11) is 1.91. The van der Waals surface area contributed by atoms with Crippen molar-refractivity contribution in [2.75, 3.05) is 26.7 Å². The molecule has 25 heavy (non-hydrogen) atoms. The Labute approximate surface area is 150 Å². The van der Waals surface area contributed by atoms with Crippen molar-refractivity contribution in [3.8, 4) is 5.75 Å². The minimum absolute atomic E-state index is 0.130. The van der Waals surface area contributed by atoms with Gasteiger partial charge in [0.15, 0.2) is 0 Å². The number of hydrogen-bond donors (Lipinski definition) is 1. The monoisotopic (exact) mass is 346 g/mol. The highest BCUT2D eigenvalue weighted by Crippen LogP contribution is 2.25. The Kier molecular flexibility index (Phi) is 6.32. The number of carboxylic acids is 1. The lowest BCUT2D eigenvalue weighted by Gasteiger charge is -2.36. The molecule has 1 saturated heterocycles. The van der Waals surface area contributed by atoms with Crippen LogP contribution in [0.1, 0.15) is 44.1 Å². The van der Waals surface area contributed by atoms with Crippen molar-refractivity contribution in [2.45, 2.75) is 57.2 Å². The Hall–Kier alpha value is -1.59. The molecule has 3 rings (SSSR count). The molecule has 0 unspecified atom stereocenters. The first-order valence-corrected chi connectivity index (χ1v) is 9.50. The lowest BCUT2D eigenvalue weighted by Crippen LogP contribution is -2.44. The molecule has 138 valence electrons. The van der Waals surface area contributed by atoms with E-state index in [9.17, 15) is 4.79 Å². The first kappa shape index (κ1) is 18.2. The number of likely N-dealkylation sites (N-methyl/N-ethyl adjacent to an activating group) is 1. The van der Waals surface area contributed by atoms with Crippen molar-refractivity contribution in [3.05, 3.63) is 29.8 Å². The van der Waals surface area contributed by atoms with Crippen molar-refractivity contribution in [3.63, 3.8) is 0 Å². The van der Waals surface area contributed by atoms with Gasteiger partial charge in [-0.15, -0.1) is 0 Å². The lowest BCUT2D eigenvalue weighted by molar-refractivity contribution is -0.138. The molecule has 0 atom stereocenters. The Balaban J connectivity index is 1.47. The minimum Gasteiger partial charge on any atom is -0.490 e. The highest BCUT2D eigenvalue weighted by atomic mass is 16.5. The highest BCUT2D eigenvalue weighted by molar-refractivity contribution is 5.69. The molecule has 1 aromatic rings. The largest absolute Gasteiger partial charge is 0.490 e. The average molecular weight is 346 g/mol. The summed E-state index contributed by atoms with van der Waals surface area (Å²) in [5, 5.41) is 8.93. The molecule has 1 heterocycles. The standard InChI is InChI=1S/C20H30N2O3/c1-21(15-20(23)24)17-9-11-22(12-10-17)14-16-5-4-8-19(13-16)25-18-6-2-3-7-18/h4-5,8,13,17-18H,2-3,6-7,9-12,14-15H2,1H3,(H,23,24). The van der Waals surface area contributed by atoms with Crippen LogP contribution in [0.2, 0.25) is 0 Å². The first-order chi connectivity index (χ1) is 12.1. The van der Waals surface area contributed by atoms with Gasteiger partial charge in [-0.1, -0.05) is 12.1 Å². The smallest absolute Gasteiger partial charge is 0.317 e. The zero-order chi connectivity index (χ0) is 17.6. The summed E-state index contributed by atoms with van der Waals surface area (Å²) >= 11 is 0. The van der Waals surface area contributed by atoms with E-state index in [1.165, 1.54) is 31.2 Å². The number of benzene rings is 1. The van der Waals surface area contributed by atoms with Crippen molar-refractivity contribution in [2.24, 2.45) is 0 Å². The van der Waals surface area contributed by atoms with Crippen LogP contribution >= 0.6 is 0 Å². The number of rotatable bonds is 7. The fourth-order valence-electron chi connectivity index (χ4n) is 4.03. The zero-order valence-electron chi connectivity index (χ0n) is 15.2. The van der Waals surface area contributed by atoms with E-state index in [-0.39, 0.29) is 6.54 Å². The molecule has 5 heteroatoms. The summed E-state index contributed by atoms with van der Waals surface area (Å²) in [5.41, 5.74) is 1.30. The fourth-order valence-corrected chi connectivity index (χ4v) is 4.03. The second-order valence-electron chi connectivity index (χ2n) is 7.49. The van der Waals surface area contributed by atoms with Gasteiger partial charge in [0.2, 0.25) is 0 Å². The number of carbonyl (C=O) groups is 1. The van der Waals surface area contributed by atoms with Gasteiger partial charge in [0.05, 0.1) is 12.6 Å².